The molecule has 3 unspecified atom stereocenters. The summed E-state index contributed by atoms with van der Waals surface area (Å²) in [5.41, 5.74) is 21.5. The van der Waals surface area contributed by atoms with E-state index in [0.717, 1.165) is 127 Å². The Labute approximate surface area is 584 Å². The summed E-state index contributed by atoms with van der Waals surface area (Å²) in [5.74, 6) is 10.2. The number of allylic oxidation sites excluding steroid dienone is 2. The van der Waals surface area contributed by atoms with Gasteiger partial charge in [-0.2, -0.15) is 20.9 Å². The predicted octanol–water partition coefficient (Wildman–Crippen LogP) is 10.2. The maximum absolute atomic E-state index is 12.0. The maximum Gasteiger partial charge on any atom is 0.298 e. The molecule has 22 nitrogen and oxygen atoms in total. The van der Waals surface area contributed by atoms with Crippen LogP contribution in [0.15, 0.2) is 110 Å². The van der Waals surface area contributed by atoms with Crippen molar-refractivity contribution in [3.05, 3.63) is 139 Å². The van der Waals surface area contributed by atoms with Crippen molar-refractivity contribution >= 4 is 40.2 Å². The number of piperidine rings is 4. The zero-order valence-electron chi connectivity index (χ0n) is 56.8. The van der Waals surface area contributed by atoms with Crippen molar-refractivity contribution in [2.24, 2.45) is 34.6 Å². The topological polar surface area (TPSA) is 306 Å². The first-order valence-electron chi connectivity index (χ1n) is 34.1. The van der Waals surface area contributed by atoms with Gasteiger partial charge in [0.05, 0.1) is 78.2 Å². The Hall–Kier alpha value is -11.7. The van der Waals surface area contributed by atoms with Gasteiger partial charge in [-0.25, -0.2) is 9.50 Å². The van der Waals surface area contributed by atoms with Gasteiger partial charge in [-0.05, 0) is 188 Å². The number of amides is 3. The fourth-order valence-electron chi connectivity index (χ4n) is 14.4. The summed E-state index contributed by atoms with van der Waals surface area (Å²) in [6, 6.07) is 24.5. The summed E-state index contributed by atoms with van der Waals surface area (Å²) >= 11 is 0. The number of fused-ring (bicyclic) bond motifs is 4. The third-order valence-electron chi connectivity index (χ3n) is 19.8. The summed E-state index contributed by atoms with van der Waals surface area (Å²) in [6.45, 7) is 11.0. The van der Waals surface area contributed by atoms with Crippen LogP contribution < -0.4 is 31.0 Å². The molecular formula is C78H82N16O6. The van der Waals surface area contributed by atoms with Crippen LogP contribution >= 0.6 is 0 Å². The Balaban J connectivity index is 0.000000162. The quantitative estimate of drug-likeness (QED) is 0.0564. The third-order valence-corrected chi connectivity index (χ3v) is 19.8. The van der Waals surface area contributed by atoms with E-state index in [4.69, 9.17) is 49.9 Å². The van der Waals surface area contributed by atoms with Gasteiger partial charge in [0.1, 0.15) is 41.3 Å². The normalized spacial score (nSPS) is 18.0. The third kappa shape index (κ3) is 16.8. The Bertz CT molecular complexity index is 4400. The Kier molecular flexibility index (Phi) is 23.8. The van der Waals surface area contributed by atoms with Gasteiger partial charge < -0.3 is 45.7 Å². The number of likely N-dealkylation sites (tertiary alicyclic amines) is 2. The minimum absolute atomic E-state index is 0.177. The highest BCUT2D eigenvalue weighted by Gasteiger charge is 2.43. The zero-order valence-corrected chi connectivity index (χ0v) is 56.8. The van der Waals surface area contributed by atoms with Crippen LogP contribution in [-0.2, 0) is 27.2 Å². The molecule has 2 saturated carbocycles. The number of hydrogen-bond acceptors (Lipinski definition) is 18. The average molecular weight is 1340 g/mol. The molecule has 4 saturated heterocycles. The van der Waals surface area contributed by atoms with Crippen LogP contribution in [0, 0.1) is 94.2 Å². The smallest absolute Gasteiger partial charge is 0.298 e. The summed E-state index contributed by atoms with van der Waals surface area (Å²) in [5, 5.41) is 36.3. The lowest BCUT2D eigenvalue weighted by Crippen LogP contribution is -2.57. The average Bonchev–Trinajstić information content (AvgIpc) is 1.46. The lowest BCUT2D eigenvalue weighted by Gasteiger charge is -2.49. The monoisotopic (exact) mass is 1340 g/mol. The van der Waals surface area contributed by atoms with Gasteiger partial charge in [-0.3, -0.25) is 34.3 Å². The van der Waals surface area contributed by atoms with Crippen molar-refractivity contribution in [2.45, 2.75) is 116 Å². The Morgan fingerprint density at radius 3 is 1.58 bits per heavy atom. The van der Waals surface area contributed by atoms with Gasteiger partial charge in [-0.15, -0.1) is 19.3 Å². The molecule has 7 aromatic heterocycles. The highest BCUT2D eigenvalue weighted by molar-refractivity contribution is 5.94. The van der Waals surface area contributed by atoms with Gasteiger partial charge in [0.25, 0.3) is 17.7 Å². The lowest BCUT2D eigenvalue weighted by atomic mass is 9.65. The first-order valence-corrected chi connectivity index (χ1v) is 34.1. The van der Waals surface area contributed by atoms with E-state index in [0.29, 0.717) is 102 Å². The van der Waals surface area contributed by atoms with E-state index in [1.54, 1.807) is 46.6 Å². The molecular weight excluding hydrogens is 1260 g/mol. The number of nitriles is 3. The van der Waals surface area contributed by atoms with Crippen LogP contribution in [0.2, 0.25) is 0 Å². The van der Waals surface area contributed by atoms with Crippen molar-refractivity contribution in [1.82, 2.24) is 49.2 Å². The number of terminal acetylenes is 3. The first-order chi connectivity index (χ1) is 48.7. The summed E-state index contributed by atoms with van der Waals surface area (Å²) in [6.07, 6.45) is 43.8. The van der Waals surface area contributed by atoms with Crippen LogP contribution in [0.1, 0.15) is 120 Å². The van der Waals surface area contributed by atoms with Crippen molar-refractivity contribution in [3.63, 3.8) is 0 Å². The van der Waals surface area contributed by atoms with Crippen molar-refractivity contribution in [1.29, 1.82) is 15.8 Å². The molecule has 2 bridgehead atoms. The molecule has 7 aromatic rings. The van der Waals surface area contributed by atoms with Crippen molar-refractivity contribution < 1.29 is 28.6 Å². The number of pyridine rings is 6. The number of hydrogen-bond donors (Lipinski definition) is 3. The molecule has 6 aliphatic rings. The summed E-state index contributed by atoms with van der Waals surface area (Å²) in [7, 11) is 0. The van der Waals surface area contributed by atoms with Crippen molar-refractivity contribution in [3.8, 4) is 106 Å². The molecule has 0 aromatic carbocycles. The number of nitrogens with two attached hydrogens (primary N) is 2. The van der Waals surface area contributed by atoms with Crippen molar-refractivity contribution in [2.75, 3.05) is 57.9 Å². The molecule has 2 aliphatic carbocycles. The second-order valence-electron chi connectivity index (χ2n) is 25.6. The second kappa shape index (κ2) is 33.5. The Morgan fingerprint density at radius 1 is 0.600 bits per heavy atom. The minimum Gasteiger partial charge on any atom is -0.492 e. The fraction of sp³-hybridized carbons (Fsp3) is 0.385. The maximum atomic E-state index is 12.0. The standard InChI is InChI=1S/C29H33N5O2.C25H24N6O2.C24H25N5O2/c1-3-27(35)34-13-11-29(12-14-34)9-7-21(8-10-29)15-24-6-5-22(19-32-24)26-16-25(36-4-2)20-33-28(26)23(17-30)18-31;1-3-24(32)30-14-17-5-7-19(30)9-22(17)29-23-8-6-16(12-27-23)21-10-20(33-4-2)15-31-25(21)18(11-26)13-28-31;1-3-23(30)29-9-7-17(8-10-29)11-20-6-5-18(15-27-20)22-12-21(31-4-2)16-28-24(22)19(13-25)14-26/h1,5-6,16-17,19-21H,4,7-15,30H2,2H3;1,6,8,10,12-13,15,17,19,22H,4-5,7,9,14H2,2H3,(H,27,29);1,5-6,12-13,15-17H,4,7-11,25H2,2H3. The molecule has 5 N–H and O–H groups in total. The predicted molar refractivity (Wildman–Crippen MR) is 381 cm³/mol. The molecule has 510 valence electrons. The SMILES string of the molecule is C#CC(=O)N1CC2CCC1CC2Nc1ccc(-c2cc(OCC)cn3ncc(C#N)c23)cn1.C#CC(=O)N1CCC(Cc2ccc(-c3cc(OCC)cnc3C(C#N)=CN)cn2)CC1.C#CC(=O)N1CCC2(CCC(Cc3ccc(-c4cc(OCC)cnc4C(C#N)=CN)cn3)CC2)CC1. The highest BCUT2D eigenvalue weighted by Crippen LogP contribution is 2.47. The minimum atomic E-state index is -0.233. The number of carbonyl (C=O) groups is 3. The number of ether oxygens (including phenoxy) is 3. The van der Waals surface area contributed by atoms with Gasteiger partial charge in [0.15, 0.2) is 0 Å². The highest BCUT2D eigenvalue weighted by atomic mass is 16.5. The van der Waals surface area contributed by atoms with E-state index >= 15 is 0 Å². The lowest BCUT2D eigenvalue weighted by molar-refractivity contribution is -0.132. The molecule has 100 heavy (non-hydrogen) atoms. The van der Waals surface area contributed by atoms with E-state index in [1.807, 2.05) is 85.3 Å². The first kappa shape index (κ1) is 71.1. The number of carbonyl (C=O) groups excluding carboxylic acids is 3. The van der Waals surface area contributed by atoms with Gasteiger partial charge in [0, 0.05) is 121 Å². The molecule has 3 amide bonds. The van der Waals surface area contributed by atoms with E-state index in [1.165, 1.54) is 38.1 Å². The van der Waals surface area contributed by atoms with Crippen LogP contribution in [0.3, 0.4) is 0 Å². The molecule has 4 aliphatic heterocycles. The molecule has 1 spiro atoms. The fourth-order valence-corrected chi connectivity index (χ4v) is 14.4. The van der Waals surface area contributed by atoms with Crippen LogP contribution in [-0.4, -0.2) is 132 Å². The van der Waals surface area contributed by atoms with Gasteiger partial charge in [0.2, 0.25) is 0 Å². The zero-order chi connectivity index (χ0) is 70.7. The largest absolute Gasteiger partial charge is 0.492 e. The number of rotatable bonds is 17. The molecule has 13 rings (SSSR count). The number of aromatic nitrogens is 7. The molecule has 3 atom stereocenters. The number of nitrogens with zero attached hydrogens (tertiary/aromatic N) is 13. The van der Waals surface area contributed by atoms with E-state index in [2.05, 4.69) is 72.4 Å². The van der Waals surface area contributed by atoms with Crippen LogP contribution in [0.25, 0.3) is 50.0 Å². The van der Waals surface area contributed by atoms with Crippen LogP contribution in [0.5, 0.6) is 17.2 Å². The number of nitrogens with one attached hydrogen (secondary N) is 1. The van der Waals surface area contributed by atoms with Crippen LogP contribution in [0.4, 0.5) is 5.82 Å². The summed E-state index contributed by atoms with van der Waals surface area (Å²) < 4.78 is 18.6. The molecule has 22 heteroatoms. The molecule has 11 heterocycles. The van der Waals surface area contributed by atoms with E-state index < -0.39 is 0 Å². The molecule has 0 radical (unpaired) electrons. The Morgan fingerprint density at radius 2 is 1.11 bits per heavy atom. The van der Waals surface area contributed by atoms with Gasteiger partial charge in [-0.1, -0.05) is 12.1 Å². The number of anilines is 1. The van der Waals surface area contributed by atoms with Gasteiger partial charge >= 0.3 is 0 Å². The second-order valence-corrected chi connectivity index (χ2v) is 25.6. The summed E-state index contributed by atoms with van der Waals surface area (Å²) in [4.78, 5) is 63.7. The van der Waals surface area contributed by atoms with E-state index in [9.17, 15) is 30.2 Å². The van der Waals surface area contributed by atoms with E-state index in [-0.39, 0.29) is 35.4 Å². The molecule has 6 fully saturated rings.